The lowest BCUT2D eigenvalue weighted by Gasteiger charge is -2.12. The molecule has 0 aliphatic heterocycles. The molecule has 0 fully saturated rings. The SMILES string of the molecule is Cc1ccc(S(=O)(=O)Nc2cc(C)cc(C(=O)NCc3cccnc3)c2)cc1. The molecule has 2 aromatic carbocycles. The zero-order valence-electron chi connectivity index (χ0n) is 15.6. The van der Waals surface area contributed by atoms with Gasteiger partial charge in [-0.2, -0.15) is 0 Å². The molecule has 7 heteroatoms. The molecule has 0 saturated carbocycles. The van der Waals surface area contributed by atoms with Crippen molar-refractivity contribution in [2.45, 2.75) is 25.3 Å². The summed E-state index contributed by atoms with van der Waals surface area (Å²) in [6, 6.07) is 15.2. The van der Waals surface area contributed by atoms with Gasteiger partial charge in [-0.1, -0.05) is 23.8 Å². The average molecular weight is 395 g/mol. The Bertz CT molecular complexity index is 1080. The Hall–Kier alpha value is -3.19. The summed E-state index contributed by atoms with van der Waals surface area (Å²) in [5, 5.41) is 2.81. The van der Waals surface area contributed by atoms with Crippen LogP contribution >= 0.6 is 0 Å². The maximum atomic E-state index is 12.6. The summed E-state index contributed by atoms with van der Waals surface area (Å²) in [6.45, 7) is 4.04. The highest BCUT2D eigenvalue weighted by Gasteiger charge is 2.15. The van der Waals surface area contributed by atoms with Gasteiger partial charge in [0.05, 0.1) is 4.90 Å². The summed E-state index contributed by atoms with van der Waals surface area (Å²) >= 11 is 0. The monoisotopic (exact) mass is 395 g/mol. The van der Waals surface area contributed by atoms with E-state index in [2.05, 4.69) is 15.0 Å². The lowest BCUT2D eigenvalue weighted by molar-refractivity contribution is 0.0951. The molecule has 3 aromatic rings. The third kappa shape index (κ3) is 4.95. The van der Waals surface area contributed by atoms with E-state index in [4.69, 9.17) is 0 Å². The maximum Gasteiger partial charge on any atom is 0.261 e. The second kappa shape index (κ2) is 8.22. The van der Waals surface area contributed by atoms with Crippen LogP contribution in [-0.4, -0.2) is 19.3 Å². The van der Waals surface area contributed by atoms with Crippen molar-refractivity contribution in [1.82, 2.24) is 10.3 Å². The van der Waals surface area contributed by atoms with Crippen LogP contribution in [-0.2, 0) is 16.6 Å². The summed E-state index contributed by atoms with van der Waals surface area (Å²) in [5.74, 6) is -0.289. The Morgan fingerprint density at radius 3 is 2.43 bits per heavy atom. The van der Waals surface area contributed by atoms with E-state index in [1.807, 2.05) is 19.9 Å². The van der Waals surface area contributed by atoms with Gasteiger partial charge in [0.25, 0.3) is 15.9 Å². The molecule has 3 rings (SSSR count). The van der Waals surface area contributed by atoms with Crippen LogP contribution in [0.5, 0.6) is 0 Å². The third-order valence-corrected chi connectivity index (χ3v) is 5.50. The van der Waals surface area contributed by atoms with Gasteiger partial charge in [-0.25, -0.2) is 8.42 Å². The van der Waals surface area contributed by atoms with Gasteiger partial charge in [-0.05, 0) is 61.4 Å². The molecule has 0 saturated heterocycles. The highest BCUT2D eigenvalue weighted by molar-refractivity contribution is 7.92. The van der Waals surface area contributed by atoms with Gasteiger partial charge in [0, 0.05) is 30.2 Å². The fourth-order valence-electron chi connectivity index (χ4n) is 2.69. The van der Waals surface area contributed by atoms with Gasteiger partial charge >= 0.3 is 0 Å². The quantitative estimate of drug-likeness (QED) is 0.669. The lowest BCUT2D eigenvalue weighted by atomic mass is 10.1. The van der Waals surface area contributed by atoms with E-state index in [0.717, 1.165) is 16.7 Å². The largest absolute Gasteiger partial charge is 0.348 e. The van der Waals surface area contributed by atoms with E-state index in [-0.39, 0.29) is 10.8 Å². The number of hydrogen-bond donors (Lipinski definition) is 2. The first kappa shape index (κ1) is 19.6. The number of nitrogens with one attached hydrogen (secondary N) is 2. The van der Waals surface area contributed by atoms with Gasteiger partial charge < -0.3 is 5.32 Å². The van der Waals surface area contributed by atoms with Crippen molar-refractivity contribution in [2.24, 2.45) is 0 Å². The molecule has 1 aromatic heterocycles. The number of rotatable bonds is 6. The molecule has 0 spiro atoms. The van der Waals surface area contributed by atoms with Gasteiger partial charge in [-0.15, -0.1) is 0 Å². The van der Waals surface area contributed by atoms with Gasteiger partial charge in [0.1, 0.15) is 0 Å². The van der Waals surface area contributed by atoms with Crippen LogP contribution in [0.3, 0.4) is 0 Å². The fourth-order valence-corrected chi connectivity index (χ4v) is 3.73. The Morgan fingerprint density at radius 1 is 1.00 bits per heavy atom. The standard InChI is InChI=1S/C21H21N3O3S/c1-15-5-7-20(8-6-15)28(26,27)24-19-11-16(2)10-18(12-19)21(25)23-14-17-4-3-9-22-13-17/h3-13,24H,14H2,1-2H3,(H,23,25). The third-order valence-electron chi connectivity index (χ3n) is 4.10. The summed E-state index contributed by atoms with van der Waals surface area (Å²) in [6.07, 6.45) is 3.34. The number of amides is 1. The minimum atomic E-state index is -3.73. The van der Waals surface area contributed by atoms with Crippen LogP contribution in [0, 0.1) is 13.8 Å². The molecule has 0 unspecified atom stereocenters. The van der Waals surface area contributed by atoms with Crippen LogP contribution in [0.4, 0.5) is 5.69 Å². The number of benzene rings is 2. The lowest BCUT2D eigenvalue weighted by Crippen LogP contribution is -2.23. The zero-order valence-corrected chi connectivity index (χ0v) is 16.5. The van der Waals surface area contributed by atoms with Gasteiger partial charge in [0.2, 0.25) is 0 Å². The molecule has 0 radical (unpaired) electrons. The van der Waals surface area contributed by atoms with Crippen LogP contribution < -0.4 is 10.0 Å². The van der Waals surface area contributed by atoms with Crippen molar-refractivity contribution in [1.29, 1.82) is 0 Å². The molecule has 28 heavy (non-hydrogen) atoms. The van der Waals surface area contributed by atoms with Crippen molar-refractivity contribution >= 4 is 21.6 Å². The Balaban J connectivity index is 1.77. The molecule has 2 N–H and O–H groups in total. The Labute approximate surface area is 164 Å². The second-order valence-corrected chi connectivity index (χ2v) is 8.23. The van der Waals surface area contributed by atoms with Crippen LogP contribution in [0.15, 0.2) is 71.9 Å². The Morgan fingerprint density at radius 2 is 1.75 bits per heavy atom. The van der Waals surface area contributed by atoms with Crippen molar-refractivity contribution in [3.8, 4) is 0 Å². The summed E-state index contributed by atoms with van der Waals surface area (Å²) < 4.78 is 27.7. The zero-order chi connectivity index (χ0) is 20.1. The highest BCUT2D eigenvalue weighted by atomic mass is 32.2. The van der Waals surface area contributed by atoms with Gasteiger partial charge in [-0.3, -0.25) is 14.5 Å². The smallest absolute Gasteiger partial charge is 0.261 e. The number of anilines is 1. The highest BCUT2D eigenvalue weighted by Crippen LogP contribution is 2.20. The van der Waals surface area contributed by atoms with Crippen LogP contribution in [0.2, 0.25) is 0 Å². The molecule has 0 bridgehead atoms. The topological polar surface area (TPSA) is 88.2 Å². The molecule has 0 aliphatic carbocycles. The van der Waals surface area contributed by atoms with Crippen LogP contribution in [0.25, 0.3) is 0 Å². The first-order chi connectivity index (χ1) is 13.3. The van der Waals surface area contributed by atoms with E-state index in [9.17, 15) is 13.2 Å². The number of carbonyl (C=O) groups is 1. The molecular formula is C21H21N3O3S. The Kier molecular flexibility index (Phi) is 5.75. The molecule has 1 heterocycles. The van der Waals surface area contributed by atoms with Crippen molar-refractivity contribution < 1.29 is 13.2 Å². The molecule has 144 valence electrons. The van der Waals surface area contributed by atoms with Crippen molar-refractivity contribution in [2.75, 3.05) is 4.72 Å². The second-order valence-electron chi connectivity index (χ2n) is 6.55. The average Bonchev–Trinajstić information content (AvgIpc) is 2.66. The minimum Gasteiger partial charge on any atom is -0.348 e. The van der Waals surface area contributed by atoms with E-state index in [1.165, 1.54) is 6.07 Å². The molecule has 0 atom stereocenters. The number of sulfonamides is 1. The normalized spacial score (nSPS) is 11.1. The predicted octanol–water partition coefficient (Wildman–Crippen LogP) is 3.43. The number of pyridine rings is 1. The summed E-state index contributed by atoms with van der Waals surface area (Å²) in [5.41, 5.74) is 3.35. The van der Waals surface area contributed by atoms with Crippen LogP contribution in [0.1, 0.15) is 27.0 Å². The van der Waals surface area contributed by atoms with E-state index in [1.54, 1.807) is 54.9 Å². The summed E-state index contributed by atoms with van der Waals surface area (Å²) in [4.78, 5) is 16.7. The number of hydrogen-bond acceptors (Lipinski definition) is 4. The first-order valence-corrected chi connectivity index (χ1v) is 10.2. The molecule has 1 amide bonds. The summed E-state index contributed by atoms with van der Waals surface area (Å²) in [7, 11) is -3.73. The van der Waals surface area contributed by atoms with E-state index < -0.39 is 10.0 Å². The number of aryl methyl sites for hydroxylation is 2. The maximum absolute atomic E-state index is 12.6. The minimum absolute atomic E-state index is 0.169. The van der Waals surface area contributed by atoms with Crippen molar-refractivity contribution in [3.05, 3.63) is 89.2 Å². The molecule has 0 aliphatic rings. The van der Waals surface area contributed by atoms with E-state index in [0.29, 0.717) is 17.8 Å². The molecular weight excluding hydrogens is 374 g/mol. The van der Waals surface area contributed by atoms with Crippen molar-refractivity contribution in [3.63, 3.8) is 0 Å². The number of carbonyl (C=O) groups excluding carboxylic acids is 1. The number of nitrogens with zero attached hydrogens (tertiary/aromatic N) is 1. The molecule has 6 nitrogen and oxygen atoms in total. The van der Waals surface area contributed by atoms with Gasteiger partial charge in [0.15, 0.2) is 0 Å². The van der Waals surface area contributed by atoms with E-state index >= 15 is 0 Å². The predicted molar refractivity (Wildman–Crippen MR) is 109 cm³/mol. The fraction of sp³-hybridized carbons (Fsp3) is 0.143. The first-order valence-electron chi connectivity index (χ1n) is 8.72. The number of aromatic nitrogens is 1.